The van der Waals surface area contributed by atoms with Gasteiger partial charge in [0, 0.05) is 17.7 Å². The molecule has 1 fully saturated rings. The average molecular weight is 310 g/mol. The smallest absolute Gasteiger partial charge is 0.264 e. The van der Waals surface area contributed by atoms with E-state index in [0.717, 1.165) is 11.1 Å². The predicted molar refractivity (Wildman–Crippen MR) is 85.1 cm³/mol. The van der Waals surface area contributed by atoms with Gasteiger partial charge in [0.05, 0.1) is 6.42 Å². The molecule has 118 valence electrons. The Morgan fingerprint density at radius 2 is 1.83 bits per heavy atom. The van der Waals surface area contributed by atoms with Crippen molar-refractivity contribution < 1.29 is 14.4 Å². The Labute approximate surface area is 135 Å². The first-order valence-corrected chi connectivity index (χ1v) is 7.79. The van der Waals surface area contributed by atoms with Crippen LogP contribution in [0.25, 0.3) is 0 Å². The van der Waals surface area contributed by atoms with Crippen molar-refractivity contribution in [1.29, 1.82) is 0 Å². The zero-order chi connectivity index (χ0) is 15.7. The summed E-state index contributed by atoms with van der Waals surface area (Å²) >= 11 is 0. The molecule has 0 aliphatic carbocycles. The summed E-state index contributed by atoms with van der Waals surface area (Å²) in [5, 5.41) is 6.04. The van der Waals surface area contributed by atoms with Gasteiger partial charge in [0.1, 0.15) is 0 Å². The van der Waals surface area contributed by atoms with Crippen molar-refractivity contribution in [2.24, 2.45) is 5.16 Å². The number of hydrogen-bond acceptors (Lipinski definition) is 5. The number of fused-ring (bicyclic) bond motifs is 1. The maximum absolute atomic E-state index is 6.01. The summed E-state index contributed by atoms with van der Waals surface area (Å²) in [6, 6.07) is 19.9. The van der Waals surface area contributed by atoms with Gasteiger partial charge in [-0.15, -0.1) is 0 Å². The quantitative estimate of drug-likeness (QED) is 0.869. The zero-order valence-corrected chi connectivity index (χ0v) is 12.9. The van der Waals surface area contributed by atoms with Crippen LogP contribution in [0.15, 0.2) is 65.8 Å². The van der Waals surface area contributed by atoms with Crippen molar-refractivity contribution >= 4 is 5.84 Å². The Kier molecular flexibility index (Phi) is 3.52. The Bertz CT molecular complexity index is 705. The Morgan fingerprint density at radius 3 is 2.52 bits per heavy atom. The monoisotopic (exact) mass is 310 g/mol. The number of oxime groups is 1. The molecule has 0 saturated carbocycles. The standard InChI is InChI=1S/C18H18N2O3/c1-2-21-16-13-18(15-11-7-4-8-12-15)20(22-16)17(19-23-18)14-9-5-3-6-10-14/h3-12,16H,2,13H2,1H3/t16-,18+/m0/s1. The molecule has 0 radical (unpaired) electrons. The molecule has 2 atom stereocenters. The molecule has 2 aliphatic rings. The van der Waals surface area contributed by atoms with Crippen molar-refractivity contribution in [2.75, 3.05) is 6.61 Å². The number of hydroxylamine groups is 2. The zero-order valence-electron chi connectivity index (χ0n) is 12.9. The third-order valence-electron chi connectivity index (χ3n) is 4.08. The van der Waals surface area contributed by atoms with E-state index in [-0.39, 0.29) is 6.29 Å². The molecule has 0 spiro atoms. The van der Waals surface area contributed by atoms with Gasteiger partial charge in [0.25, 0.3) is 5.72 Å². The van der Waals surface area contributed by atoms with Crippen LogP contribution in [0.4, 0.5) is 0 Å². The van der Waals surface area contributed by atoms with Crippen LogP contribution in [0, 0.1) is 0 Å². The lowest BCUT2D eigenvalue weighted by molar-refractivity contribution is -0.237. The van der Waals surface area contributed by atoms with E-state index in [2.05, 4.69) is 5.16 Å². The summed E-state index contributed by atoms with van der Waals surface area (Å²) in [4.78, 5) is 11.9. The lowest BCUT2D eigenvalue weighted by Crippen LogP contribution is -2.40. The highest BCUT2D eigenvalue weighted by atomic mass is 16.9. The minimum absolute atomic E-state index is 0.352. The Balaban J connectivity index is 1.73. The molecule has 1 saturated heterocycles. The van der Waals surface area contributed by atoms with E-state index in [1.807, 2.05) is 67.6 Å². The summed E-state index contributed by atoms with van der Waals surface area (Å²) in [5.74, 6) is 0.664. The van der Waals surface area contributed by atoms with Gasteiger partial charge in [-0.2, -0.15) is 5.06 Å². The minimum Gasteiger partial charge on any atom is -0.357 e. The van der Waals surface area contributed by atoms with Crippen LogP contribution in [0.5, 0.6) is 0 Å². The van der Waals surface area contributed by atoms with Crippen molar-refractivity contribution in [1.82, 2.24) is 5.06 Å². The number of hydrogen-bond donors (Lipinski definition) is 0. The summed E-state index contributed by atoms with van der Waals surface area (Å²) in [6.45, 7) is 2.54. The largest absolute Gasteiger partial charge is 0.357 e. The van der Waals surface area contributed by atoms with Crippen LogP contribution < -0.4 is 0 Å². The fourth-order valence-electron chi connectivity index (χ4n) is 3.02. The highest BCUT2D eigenvalue weighted by Gasteiger charge is 2.57. The van der Waals surface area contributed by atoms with Gasteiger partial charge in [-0.3, -0.25) is 0 Å². The second kappa shape index (κ2) is 5.68. The van der Waals surface area contributed by atoms with Crippen molar-refractivity contribution in [3.05, 3.63) is 71.8 Å². The lowest BCUT2D eigenvalue weighted by atomic mass is 9.99. The first-order valence-electron chi connectivity index (χ1n) is 7.79. The van der Waals surface area contributed by atoms with Crippen LogP contribution >= 0.6 is 0 Å². The molecule has 0 bridgehead atoms. The fraction of sp³-hybridized carbons (Fsp3) is 0.278. The predicted octanol–water partition coefficient (Wildman–Crippen LogP) is 3.23. The van der Waals surface area contributed by atoms with Gasteiger partial charge in [-0.1, -0.05) is 65.8 Å². The molecule has 23 heavy (non-hydrogen) atoms. The number of nitrogens with zero attached hydrogens (tertiary/aromatic N) is 2. The minimum atomic E-state index is -0.772. The van der Waals surface area contributed by atoms with Crippen molar-refractivity contribution in [3.8, 4) is 0 Å². The van der Waals surface area contributed by atoms with Crippen LogP contribution in [0.2, 0.25) is 0 Å². The lowest BCUT2D eigenvalue weighted by Gasteiger charge is -2.28. The molecular formula is C18H18N2O3. The van der Waals surface area contributed by atoms with Crippen LogP contribution in [0.1, 0.15) is 24.5 Å². The molecule has 5 heteroatoms. The third-order valence-corrected chi connectivity index (χ3v) is 4.08. The van der Waals surface area contributed by atoms with E-state index >= 15 is 0 Å². The van der Waals surface area contributed by atoms with E-state index in [4.69, 9.17) is 14.4 Å². The molecule has 0 aromatic heterocycles. The van der Waals surface area contributed by atoms with Crippen molar-refractivity contribution in [2.45, 2.75) is 25.4 Å². The maximum Gasteiger partial charge on any atom is 0.264 e. The van der Waals surface area contributed by atoms with Gasteiger partial charge in [-0.05, 0) is 6.92 Å². The Hall–Kier alpha value is -2.37. The topological polar surface area (TPSA) is 43.3 Å². The van der Waals surface area contributed by atoms with Crippen LogP contribution in [0.3, 0.4) is 0 Å². The Morgan fingerprint density at radius 1 is 1.13 bits per heavy atom. The molecule has 5 nitrogen and oxygen atoms in total. The second-order valence-electron chi connectivity index (χ2n) is 5.51. The fourth-order valence-corrected chi connectivity index (χ4v) is 3.02. The van der Waals surface area contributed by atoms with Gasteiger partial charge in [-0.25, -0.2) is 4.84 Å². The number of amidine groups is 1. The molecule has 2 heterocycles. The number of benzene rings is 2. The summed E-state index contributed by atoms with van der Waals surface area (Å²) < 4.78 is 5.67. The second-order valence-corrected chi connectivity index (χ2v) is 5.51. The number of rotatable bonds is 4. The van der Waals surface area contributed by atoms with E-state index < -0.39 is 5.72 Å². The number of ether oxygens (including phenoxy) is 1. The molecule has 2 aromatic carbocycles. The summed E-state index contributed by atoms with van der Waals surface area (Å²) in [6.07, 6.45) is 0.208. The highest BCUT2D eigenvalue weighted by molar-refractivity contribution is 5.99. The SMILES string of the molecule is CCO[C@@H]1C[C@]2(c3ccccc3)ON=C(c3ccccc3)N2O1. The molecule has 0 unspecified atom stereocenters. The van der Waals surface area contributed by atoms with E-state index in [1.54, 1.807) is 5.06 Å². The third kappa shape index (κ3) is 2.29. The van der Waals surface area contributed by atoms with Crippen molar-refractivity contribution in [3.63, 3.8) is 0 Å². The van der Waals surface area contributed by atoms with Gasteiger partial charge >= 0.3 is 0 Å². The molecule has 4 rings (SSSR count). The van der Waals surface area contributed by atoms with Gasteiger partial charge < -0.3 is 9.57 Å². The molecule has 0 N–H and O–H groups in total. The highest BCUT2D eigenvalue weighted by Crippen LogP contribution is 2.46. The van der Waals surface area contributed by atoms with E-state index in [9.17, 15) is 0 Å². The maximum atomic E-state index is 6.01. The normalized spacial score (nSPS) is 25.9. The van der Waals surface area contributed by atoms with Crippen LogP contribution in [-0.2, 0) is 20.1 Å². The summed E-state index contributed by atoms with van der Waals surface area (Å²) in [5.41, 5.74) is 1.17. The van der Waals surface area contributed by atoms with E-state index in [1.165, 1.54) is 0 Å². The first kappa shape index (κ1) is 14.2. The molecular weight excluding hydrogens is 292 g/mol. The summed E-state index contributed by atoms with van der Waals surface area (Å²) in [7, 11) is 0. The first-order chi connectivity index (χ1) is 11.3. The van der Waals surface area contributed by atoms with Gasteiger partial charge in [0.2, 0.25) is 5.84 Å². The molecule has 2 aliphatic heterocycles. The molecule has 0 amide bonds. The molecule has 2 aromatic rings. The van der Waals surface area contributed by atoms with E-state index in [0.29, 0.717) is 18.9 Å². The van der Waals surface area contributed by atoms with Gasteiger partial charge in [0.15, 0.2) is 6.29 Å². The van der Waals surface area contributed by atoms with Crippen LogP contribution in [-0.4, -0.2) is 23.8 Å². The average Bonchev–Trinajstić information content (AvgIpc) is 3.13.